The number of likely N-dealkylation sites (tertiary alicyclic amines) is 1. The van der Waals surface area contributed by atoms with E-state index in [1.165, 1.54) is 12.8 Å². The summed E-state index contributed by atoms with van der Waals surface area (Å²) in [5.41, 5.74) is 0.842. The molecular weight excluding hydrogens is 525 g/mol. The molecule has 3 rings (SSSR count). The van der Waals surface area contributed by atoms with Crippen LogP contribution >= 0.6 is 23.2 Å². The maximum Gasteiger partial charge on any atom is 0.409 e. The van der Waals surface area contributed by atoms with Crippen LogP contribution in [0.5, 0.6) is 0 Å². The van der Waals surface area contributed by atoms with E-state index < -0.39 is 11.9 Å². The van der Waals surface area contributed by atoms with Crippen molar-refractivity contribution in [3.8, 4) is 0 Å². The lowest BCUT2D eigenvalue weighted by Gasteiger charge is -2.42. The molecule has 2 aliphatic rings. The molecule has 204 valence electrons. The summed E-state index contributed by atoms with van der Waals surface area (Å²) in [4.78, 5) is 50.6. The molecule has 0 aromatic heterocycles. The number of halogens is 2. The second-order valence-corrected chi connectivity index (χ2v) is 9.56. The third kappa shape index (κ3) is 10.6. The van der Waals surface area contributed by atoms with Crippen LogP contribution in [0.25, 0.3) is 0 Å². The standard InChI is InChI=1S/C21H29Cl2N3O3.C4H4O4/c1-2-11-29-21(28)25-9-10-26(17(15-25)14-24-7-3-4-8-24)20(27)13-16-5-6-18(22)19(23)12-16;5-3(6)1-2-4(7)8/h5-6,12,17H,2-4,7-11,13-15H2,1H3;1-2H,(H,5,6)(H,7,8)/b;2-1+. The van der Waals surface area contributed by atoms with Crippen molar-refractivity contribution >= 4 is 47.1 Å². The van der Waals surface area contributed by atoms with E-state index in [0.717, 1.165) is 31.6 Å². The molecule has 10 nitrogen and oxygen atoms in total. The zero-order valence-electron chi connectivity index (χ0n) is 20.8. The van der Waals surface area contributed by atoms with Gasteiger partial charge in [0, 0.05) is 38.3 Å². The van der Waals surface area contributed by atoms with Crippen molar-refractivity contribution in [2.75, 3.05) is 45.9 Å². The molecule has 2 fully saturated rings. The fraction of sp³-hybridized carbons (Fsp3) is 0.520. The zero-order chi connectivity index (χ0) is 27.4. The van der Waals surface area contributed by atoms with Crippen LogP contribution in [-0.2, 0) is 25.5 Å². The Balaban J connectivity index is 0.000000521. The fourth-order valence-corrected chi connectivity index (χ4v) is 4.44. The van der Waals surface area contributed by atoms with Gasteiger partial charge in [-0.3, -0.25) is 4.79 Å². The van der Waals surface area contributed by atoms with Gasteiger partial charge in [0.25, 0.3) is 0 Å². The topological polar surface area (TPSA) is 128 Å². The van der Waals surface area contributed by atoms with E-state index in [9.17, 15) is 19.2 Å². The number of carboxylic acids is 2. The number of hydrogen-bond donors (Lipinski definition) is 2. The van der Waals surface area contributed by atoms with Gasteiger partial charge in [-0.05, 0) is 50.0 Å². The predicted octanol–water partition coefficient (Wildman–Crippen LogP) is 3.40. The third-order valence-corrected chi connectivity index (χ3v) is 6.61. The average molecular weight is 558 g/mol. The number of amides is 2. The molecule has 2 aliphatic heterocycles. The van der Waals surface area contributed by atoms with Crippen molar-refractivity contribution < 1.29 is 34.1 Å². The minimum atomic E-state index is -1.26. The molecule has 0 spiro atoms. The van der Waals surface area contributed by atoms with Crippen molar-refractivity contribution in [2.24, 2.45) is 0 Å². The molecule has 1 unspecified atom stereocenters. The Morgan fingerprint density at radius 1 is 1.00 bits per heavy atom. The van der Waals surface area contributed by atoms with Gasteiger partial charge in [-0.25, -0.2) is 14.4 Å². The van der Waals surface area contributed by atoms with Crippen molar-refractivity contribution in [3.05, 3.63) is 46.0 Å². The highest BCUT2D eigenvalue weighted by Gasteiger charge is 2.34. The van der Waals surface area contributed by atoms with Crippen LogP contribution < -0.4 is 0 Å². The van der Waals surface area contributed by atoms with Crippen molar-refractivity contribution in [3.63, 3.8) is 0 Å². The van der Waals surface area contributed by atoms with Crippen LogP contribution in [0.1, 0.15) is 31.7 Å². The summed E-state index contributed by atoms with van der Waals surface area (Å²) in [6.45, 7) is 6.79. The van der Waals surface area contributed by atoms with Gasteiger partial charge in [0.15, 0.2) is 0 Å². The first-order valence-electron chi connectivity index (χ1n) is 12.1. The average Bonchev–Trinajstić information content (AvgIpc) is 3.37. The van der Waals surface area contributed by atoms with Gasteiger partial charge in [-0.1, -0.05) is 36.2 Å². The molecule has 0 radical (unpaired) electrons. The highest BCUT2D eigenvalue weighted by Crippen LogP contribution is 2.24. The van der Waals surface area contributed by atoms with E-state index in [1.54, 1.807) is 17.0 Å². The highest BCUT2D eigenvalue weighted by atomic mass is 35.5. The number of piperazine rings is 1. The van der Waals surface area contributed by atoms with E-state index in [0.29, 0.717) is 48.4 Å². The largest absolute Gasteiger partial charge is 0.478 e. The second kappa shape index (κ2) is 15.4. The SMILES string of the molecule is CCCOC(=O)N1CCN(C(=O)Cc2ccc(Cl)c(Cl)c2)C(CN2CCCC2)C1.O=C(O)/C=C/C(=O)O. The molecule has 0 aliphatic carbocycles. The maximum absolute atomic E-state index is 13.1. The molecule has 12 heteroatoms. The smallest absolute Gasteiger partial charge is 0.409 e. The number of hydrogen-bond acceptors (Lipinski definition) is 6. The lowest BCUT2D eigenvalue weighted by Crippen LogP contribution is -2.60. The number of ether oxygens (including phenoxy) is 1. The first-order chi connectivity index (χ1) is 17.6. The minimum Gasteiger partial charge on any atom is -0.478 e. The van der Waals surface area contributed by atoms with Gasteiger partial charge in [-0.2, -0.15) is 0 Å². The monoisotopic (exact) mass is 557 g/mol. The van der Waals surface area contributed by atoms with Gasteiger partial charge >= 0.3 is 18.0 Å². The number of carbonyl (C=O) groups is 4. The van der Waals surface area contributed by atoms with E-state index in [-0.39, 0.29) is 24.5 Å². The second-order valence-electron chi connectivity index (χ2n) is 8.74. The van der Waals surface area contributed by atoms with E-state index in [1.807, 2.05) is 17.9 Å². The summed E-state index contributed by atoms with van der Waals surface area (Å²) >= 11 is 12.1. The van der Waals surface area contributed by atoms with Crippen molar-refractivity contribution in [1.29, 1.82) is 0 Å². The van der Waals surface area contributed by atoms with Crippen molar-refractivity contribution in [1.82, 2.24) is 14.7 Å². The van der Waals surface area contributed by atoms with Gasteiger partial charge in [-0.15, -0.1) is 0 Å². The Morgan fingerprint density at radius 2 is 1.65 bits per heavy atom. The summed E-state index contributed by atoms with van der Waals surface area (Å²) < 4.78 is 5.31. The first kappa shape index (κ1) is 30.4. The van der Waals surface area contributed by atoms with Gasteiger partial charge in [0.1, 0.15) is 0 Å². The Bertz CT molecular complexity index is 967. The quantitative estimate of drug-likeness (QED) is 0.465. The zero-order valence-corrected chi connectivity index (χ0v) is 22.3. The van der Waals surface area contributed by atoms with Gasteiger partial charge < -0.3 is 29.6 Å². The number of carboxylic acid groups (broad SMARTS) is 2. The fourth-order valence-electron chi connectivity index (χ4n) is 4.12. The molecule has 2 heterocycles. The van der Waals surface area contributed by atoms with Crippen LogP contribution in [0.3, 0.4) is 0 Å². The lowest BCUT2D eigenvalue weighted by molar-refractivity contribution is -0.135. The van der Waals surface area contributed by atoms with Crippen LogP contribution in [0.4, 0.5) is 4.79 Å². The molecule has 1 atom stereocenters. The molecule has 1 aromatic rings. The number of benzene rings is 1. The summed E-state index contributed by atoms with van der Waals surface area (Å²) in [6, 6.07) is 5.26. The number of nitrogens with zero attached hydrogens (tertiary/aromatic N) is 3. The molecular formula is C25H33Cl2N3O7. The number of rotatable bonds is 8. The van der Waals surface area contributed by atoms with E-state index in [4.69, 9.17) is 38.2 Å². The highest BCUT2D eigenvalue weighted by molar-refractivity contribution is 6.42. The van der Waals surface area contributed by atoms with Crippen LogP contribution in [-0.4, -0.2) is 101 Å². The van der Waals surface area contributed by atoms with Crippen molar-refractivity contribution in [2.45, 2.75) is 38.6 Å². The first-order valence-corrected chi connectivity index (χ1v) is 12.9. The molecule has 1 aromatic carbocycles. The Labute approximate surface area is 226 Å². The van der Waals surface area contributed by atoms with E-state index >= 15 is 0 Å². The normalized spacial score (nSPS) is 17.9. The molecule has 2 N–H and O–H groups in total. The Morgan fingerprint density at radius 3 is 2.22 bits per heavy atom. The number of carbonyl (C=O) groups excluding carboxylic acids is 2. The lowest BCUT2D eigenvalue weighted by atomic mass is 10.1. The van der Waals surface area contributed by atoms with Crippen LogP contribution in [0.2, 0.25) is 10.0 Å². The molecule has 0 bridgehead atoms. The van der Waals surface area contributed by atoms with Gasteiger partial charge in [0.05, 0.1) is 29.1 Å². The summed E-state index contributed by atoms with van der Waals surface area (Å²) in [5.74, 6) is -2.46. The Kier molecular flexibility index (Phi) is 12.7. The Hall–Kier alpha value is -2.82. The summed E-state index contributed by atoms with van der Waals surface area (Å²) in [5, 5.41) is 16.6. The van der Waals surface area contributed by atoms with Crippen LogP contribution in [0.15, 0.2) is 30.4 Å². The molecule has 0 saturated carbocycles. The minimum absolute atomic E-state index is 0.0358. The molecule has 2 amide bonds. The number of aliphatic carboxylic acids is 2. The molecule has 2 saturated heterocycles. The maximum atomic E-state index is 13.1. The molecule has 37 heavy (non-hydrogen) atoms. The van der Waals surface area contributed by atoms with Gasteiger partial charge in [0.2, 0.25) is 5.91 Å². The van der Waals surface area contributed by atoms with Crippen LogP contribution in [0, 0.1) is 0 Å². The predicted molar refractivity (Wildman–Crippen MR) is 139 cm³/mol. The summed E-state index contributed by atoms with van der Waals surface area (Å²) in [6.07, 6.45) is 4.27. The third-order valence-electron chi connectivity index (χ3n) is 5.87. The summed E-state index contributed by atoms with van der Waals surface area (Å²) in [7, 11) is 0. The van der Waals surface area contributed by atoms with E-state index in [2.05, 4.69) is 4.90 Å².